The highest BCUT2D eigenvalue weighted by Crippen LogP contribution is 2.08. The molecule has 0 unspecified atom stereocenters. The van der Waals surface area contributed by atoms with Gasteiger partial charge in [0, 0.05) is 6.54 Å². The van der Waals surface area contributed by atoms with E-state index in [-0.39, 0.29) is 0 Å². The van der Waals surface area contributed by atoms with Gasteiger partial charge in [0.1, 0.15) is 0 Å². The van der Waals surface area contributed by atoms with Crippen molar-refractivity contribution >= 4 is 0 Å². The molecule has 0 bridgehead atoms. The SMILES string of the molecule is CC.CCCCCCCCCCN(C)CC(C)C. The van der Waals surface area contributed by atoms with E-state index in [9.17, 15) is 0 Å². The van der Waals surface area contributed by atoms with Crippen molar-refractivity contribution in [3.63, 3.8) is 0 Å². The number of unbranched alkanes of at least 4 members (excludes halogenated alkanes) is 7. The van der Waals surface area contributed by atoms with Crippen LogP contribution >= 0.6 is 0 Å². The van der Waals surface area contributed by atoms with E-state index < -0.39 is 0 Å². The van der Waals surface area contributed by atoms with Crippen molar-refractivity contribution in [3.8, 4) is 0 Å². The van der Waals surface area contributed by atoms with Gasteiger partial charge in [-0.25, -0.2) is 0 Å². The summed E-state index contributed by atoms with van der Waals surface area (Å²) in [6.07, 6.45) is 11.4. The molecule has 0 saturated heterocycles. The Morgan fingerprint density at radius 2 is 1.22 bits per heavy atom. The van der Waals surface area contributed by atoms with Gasteiger partial charge in [0.25, 0.3) is 0 Å². The van der Waals surface area contributed by atoms with Crippen molar-refractivity contribution in [2.45, 2.75) is 86.0 Å². The highest BCUT2D eigenvalue weighted by molar-refractivity contribution is 4.55. The van der Waals surface area contributed by atoms with Gasteiger partial charge in [-0.15, -0.1) is 0 Å². The molecular weight excluding hydrogens is 218 g/mol. The molecule has 112 valence electrons. The lowest BCUT2D eigenvalue weighted by Gasteiger charge is -2.18. The molecule has 0 spiro atoms. The predicted octanol–water partition coefficient (Wildman–Crippen LogP) is 5.74. The van der Waals surface area contributed by atoms with Crippen molar-refractivity contribution in [1.82, 2.24) is 4.90 Å². The van der Waals surface area contributed by atoms with Crippen molar-refractivity contribution in [3.05, 3.63) is 0 Å². The van der Waals surface area contributed by atoms with Crippen LogP contribution in [0.4, 0.5) is 0 Å². The van der Waals surface area contributed by atoms with Gasteiger partial charge in [0.15, 0.2) is 0 Å². The van der Waals surface area contributed by atoms with Crippen molar-refractivity contribution < 1.29 is 0 Å². The third-order valence-electron chi connectivity index (χ3n) is 3.07. The van der Waals surface area contributed by atoms with E-state index in [1.165, 1.54) is 64.5 Å². The third kappa shape index (κ3) is 18.3. The minimum Gasteiger partial charge on any atom is -0.306 e. The van der Waals surface area contributed by atoms with Crippen molar-refractivity contribution in [2.75, 3.05) is 20.1 Å². The van der Waals surface area contributed by atoms with Crippen LogP contribution in [0, 0.1) is 5.92 Å². The fraction of sp³-hybridized carbons (Fsp3) is 1.00. The second-order valence-corrected chi connectivity index (χ2v) is 5.63. The van der Waals surface area contributed by atoms with Crippen LogP contribution in [0.1, 0.15) is 86.0 Å². The average Bonchev–Trinajstić information content (AvgIpc) is 2.34. The predicted molar refractivity (Wildman–Crippen MR) is 86.3 cm³/mol. The first-order chi connectivity index (χ1) is 8.66. The monoisotopic (exact) mass is 257 g/mol. The highest BCUT2D eigenvalue weighted by Gasteiger charge is 2.00. The van der Waals surface area contributed by atoms with Crippen LogP contribution in [-0.4, -0.2) is 25.0 Å². The summed E-state index contributed by atoms with van der Waals surface area (Å²) in [6, 6.07) is 0. The lowest BCUT2D eigenvalue weighted by Crippen LogP contribution is -2.24. The fourth-order valence-electron chi connectivity index (χ4n) is 2.23. The summed E-state index contributed by atoms with van der Waals surface area (Å²) in [5, 5.41) is 0. The molecule has 0 aromatic heterocycles. The quantitative estimate of drug-likeness (QED) is 0.427. The molecule has 0 N–H and O–H groups in total. The zero-order chi connectivity index (χ0) is 14.2. The molecule has 1 nitrogen and oxygen atoms in total. The Kier molecular flexibility index (Phi) is 19.1. The number of rotatable bonds is 11. The number of nitrogens with zero attached hydrogens (tertiary/aromatic N) is 1. The summed E-state index contributed by atoms with van der Waals surface area (Å²) in [7, 11) is 2.25. The molecule has 0 atom stereocenters. The molecule has 0 radical (unpaired) electrons. The summed E-state index contributed by atoms with van der Waals surface area (Å²) in [6.45, 7) is 13.4. The molecule has 0 heterocycles. The minimum atomic E-state index is 0.805. The number of hydrogen-bond donors (Lipinski definition) is 0. The van der Waals surface area contributed by atoms with E-state index in [0.717, 1.165) is 5.92 Å². The van der Waals surface area contributed by atoms with Crippen LogP contribution in [0.3, 0.4) is 0 Å². The van der Waals surface area contributed by atoms with Crippen LogP contribution < -0.4 is 0 Å². The first-order valence-electron chi connectivity index (χ1n) is 8.35. The van der Waals surface area contributed by atoms with Gasteiger partial charge in [0.2, 0.25) is 0 Å². The molecule has 0 rings (SSSR count). The molecule has 0 aliphatic heterocycles. The maximum atomic E-state index is 2.47. The van der Waals surface area contributed by atoms with Crippen LogP contribution in [0.5, 0.6) is 0 Å². The van der Waals surface area contributed by atoms with E-state index in [0.29, 0.717) is 0 Å². The Morgan fingerprint density at radius 1 is 0.778 bits per heavy atom. The van der Waals surface area contributed by atoms with E-state index in [2.05, 4.69) is 32.7 Å². The van der Waals surface area contributed by atoms with Crippen molar-refractivity contribution in [2.24, 2.45) is 5.92 Å². The first kappa shape index (κ1) is 20.3. The van der Waals surface area contributed by atoms with E-state index in [1.54, 1.807) is 0 Å². The second kappa shape index (κ2) is 17.0. The summed E-state index contributed by atoms with van der Waals surface area (Å²) >= 11 is 0. The van der Waals surface area contributed by atoms with E-state index >= 15 is 0 Å². The summed E-state index contributed by atoms with van der Waals surface area (Å²) in [5.41, 5.74) is 0. The number of hydrogen-bond acceptors (Lipinski definition) is 1. The van der Waals surface area contributed by atoms with Gasteiger partial charge in [-0.3, -0.25) is 0 Å². The Hall–Kier alpha value is -0.0400. The Balaban J connectivity index is 0. The van der Waals surface area contributed by atoms with Gasteiger partial charge in [-0.1, -0.05) is 79.6 Å². The van der Waals surface area contributed by atoms with Crippen molar-refractivity contribution in [1.29, 1.82) is 0 Å². The Morgan fingerprint density at radius 3 is 1.67 bits per heavy atom. The van der Waals surface area contributed by atoms with Gasteiger partial charge in [0.05, 0.1) is 0 Å². The molecule has 0 amide bonds. The minimum absolute atomic E-state index is 0.805. The van der Waals surface area contributed by atoms with Gasteiger partial charge in [-0.05, 0) is 25.9 Å². The Bertz CT molecular complexity index is 132. The standard InChI is InChI=1S/C15H33N.C2H6/c1-5-6-7-8-9-10-11-12-13-16(4)14-15(2)3;1-2/h15H,5-14H2,1-4H3;1-2H3. The maximum Gasteiger partial charge on any atom is 0.000133 e. The van der Waals surface area contributed by atoms with E-state index in [4.69, 9.17) is 0 Å². The van der Waals surface area contributed by atoms with Crippen LogP contribution in [0.25, 0.3) is 0 Å². The second-order valence-electron chi connectivity index (χ2n) is 5.63. The maximum absolute atomic E-state index is 2.47. The molecule has 18 heavy (non-hydrogen) atoms. The summed E-state index contributed by atoms with van der Waals surface area (Å²) < 4.78 is 0. The van der Waals surface area contributed by atoms with Gasteiger partial charge < -0.3 is 4.90 Å². The highest BCUT2D eigenvalue weighted by atomic mass is 15.1. The zero-order valence-electron chi connectivity index (χ0n) is 14.1. The fourth-order valence-corrected chi connectivity index (χ4v) is 2.23. The lowest BCUT2D eigenvalue weighted by atomic mass is 10.1. The topological polar surface area (TPSA) is 3.24 Å². The van der Waals surface area contributed by atoms with Gasteiger partial charge >= 0.3 is 0 Å². The van der Waals surface area contributed by atoms with Crippen LogP contribution in [0.2, 0.25) is 0 Å². The largest absolute Gasteiger partial charge is 0.306 e. The van der Waals surface area contributed by atoms with Crippen LogP contribution in [-0.2, 0) is 0 Å². The molecule has 0 saturated carbocycles. The third-order valence-corrected chi connectivity index (χ3v) is 3.07. The normalized spacial score (nSPS) is 10.7. The Labute approximate surface area is 117 Å². The smallest absolute Gasteiger partial charge is 0.000133 e. The summed E-state index contributed by atoms with van der Waals surface area (Å²) in [5.74, 6) is 0.805. The van der Waals surface area contributed by atoms with Crippen LogP contribution in [0.15, 0.2) is 0 Å². The summed E-state index contributed by atoms with van der Waals surface area (Å²) in [4.78, 5) is 2.47. The average molecular weight is 258 g/mol. The first-order valence-corrected chi connectivity index (χ1v) is 8.35. The molecule has 0 aliphatic rings. The zero-order valence-corrected chi connectivity index (χ0v) is 14.1. The molecular formula is C17H39N. The molecule has 0 aromatic rings. The molecule has 0 fully saturated rings. The van der Waals surface area contributed by atoms with Gasteiger partial charge in [-0.2, -0.15) is 0 Å². The van der Waals surface area contributed by atoms with E-state index in [1.807, 2.05) is 13.8 Å². The molecule has 1 heteroatoms. The molecule has 0 aliphatic carbocycles. The lowest BCUT2D eigenvalue weighted by molar-refractivity contribution is 0.288. The molecule has 0 aromatic carbocycles.